The van der Waals surface area contributed by atoms with Crippen LogP contribution in [0.4, 0.5) is 0 Å². The van der Waals surface area contributed by atoms with Crippen LogP contribution in [0.1, 0.15) is 32.1 Å². The molecule has 1 heterocycles. The molecular weight excluding hydrogens is 180 g/mol. The van der Waals surface area contributed by atoms with Gasteiger partial charge >= 0.3 is 0 Å². The van der Waals surface area contributed by atoms with Gasteiger partial charge in [0.05, 0.1) is 12.1 Å². The minimum Gasteiger partial charge on any atom is -0.378 e. The Morgan fingerprint density at radius 1 is 1.50 bits per heavy atom. The summed E-state index contributed by atoms with van der Waals surface area (Å²) in [6, 6.07) is 0.0109. The first-order chi connectivity index (χ1) is 6.75. The third-order valence-electron chi connectivity index (χ3n) is 2.80. The lowest BCUT2D eigenvalue weighted by atomic mass is 10.1. The fourth-order valence-corrected chi connectivity index (χ4v) is 1.76. The summed E-state index contributed by atoms with van der Waals surface area (Å²) in [5.74, 6) is -0.0111. The first kappa shape index (κ1) is 9.93. The maximum atomic E-state index is 11.5. The highest BCUT2D eigenvalue weighted by Gasteiger charge is 2.28. The normalized spacial score (nSPS) is 28.8. The number of nitrogens with two attached hydrogens (primary N) is 1. The van der Waals surface area contributed by atoms with Crippen molar-refractivity contribution in [2.75, 3.05) is 6.61 Å². The van der Waals surface area contributed by atoms with Crippen molar-refractivity contribution in [3.63, 3.8) is 0 Å². The molecular formula is C10H18N2O2. The molecule has 4 nitrogen and oxygen atoms in total. The van der Waals surface area contributed by atoms with Gasteiger partial charge in [0.2, 0.25) is 5.91 Å². The van der Waals surface area contributed by atoms with E-state index >= 15 is 0 Å². The zero-order valence-corrected chi connectivity index (χ0v) is 8.37. The van der Waals surface area contributed by atoms with E-state index in [1.165, 1.54) is 0 Å². The van der Waals surface area contributed by atoms with Gasteiger partial charge in [-0.15, -0.1) is 0 Å². The molecule has 0 aromatic carbocycles. The molecule has 1 aliphatic carbocycles. The Bertz CT molecular complexity index is 210. The molecule has 2 fully saturated rings. The second-order valence-corrected chi connectivity index (χ2v) is 4.26. The second-order valence-electron chi connectivity index (χ2n) is 4.26. The lowest BCUT2D eigenvalue weighted by Gasteiger charge is -2.15. The highest BCUT2D eigenvalue weighted by atomic mass is 16.5. The fraction of sp³-hybridized carbons (Fsp3) is 0.900. The molecule has 0 spiro atoms. The van der Waals surface area contributed by atoms with Gasteiger partial charge in [0.25, 0.3) is 0 Å². The Hall–Kier alpha value is -0.610. The van der Waals surface area contributed by atoms with E-state index in [2.05, 4.69) is 5.32 Å². The van der Waals surface area contributed by atoms with Gasteiger partial charge in [0.15, 0.2) is 0 Å². The second kappa shape index (κ2) is 4.28. The molecule has 4 heteroatoms. The van der Waals surface area contributed by atoms with E-state index in [1.807, 2.05) is 0 Å². The summed E-state index contributed by atoms with van der Waals surface area (Å²) in [7, 11) is 0. The first-order valence-electron chi connectivity index (χ1n) is 5.43. The van der Waals surface area contributed by atoms with Crippen LogP contribution in [0.5, 0.6) is 0 Å². The Kier molecular flexibility index (Phi) is 3.03. The summed E-state index contributed by atoms with van der Waals surface area (Å²) >= 11 is 0. The summed E-state index contributed by atoms with van der Waals surface area (Å²) in [5.41, 5.74) is 5.78. The minimum absolute atomic E-state index is 0.0111. The van der Waals surface area contributed by atoms with Crippen LogP contribution in [0, 0.1) is 0 Å². The summed E-state index contributed by atoms with van der Waals surface area (Å²) in [6.07, 6.45) is 5.23. The van der Waals surface area contributed by atoms with Gasteiger partial charge in [-0.05, 0) is 32.1 Å². The zero-order valence-electron chi connectivity index (χ0n) is 8.37. The topological polar surface area (TPSA) is 64.3 Å². The van der Waals surface area contributed by atoms with Gasteiger partial charge in [-0.1, -0.05) is 0 Å². The third kappa shape index (κ3) is 2.69. The van der Waals surface area contributed by atoms with E-state index in [-0.39, 0.29) is 12.0 Å². The van der Waals surface area contributed by atoms with Crippen molar-refractivity contribution < 1.29 is 9.53 Å². The monoisotopic (exact) mass is 198 g/mol. The van der Waals surface area contributed by atoms with Crippen LogP contribution in [0.2, 0.25) is 0 Å². The van der Waals surface area contributed by atoms with Gasteiger partial charge in [0.1, 0.15) is 0 Å². The van der Waals surface area contributed by atoms with Crippen molar-refractivity contribution in [2.45, 2.75) is 50.3 Å². The van der Waals surface area contributed by atoms with E-state index in [1.54, 1.807) is 0 Å². The average Bonchev–Trinajstić information content (AvgIpc) is 2.81. The molecule has 1 saturated heterocycles. The Morgan fingerprint density at radius 3 is 2.86 bits per heavy atom. The largest absolute Gasteiger partial charge is 0.378 e. The molecule has 2 unspecified atom stereocenters. The predicted octanol–water partition coefficient (Wildman–Crippen LogP) is 0.161. The highest BCUT2D eigenvalue weighted by Crippen LogP contribution is 2.20. The lowest BCUT2D eigenvalue weighted by molar-refractivity contribution is -0.123. The molecule has 2 rings (SSSR count). The molecule has 0 aromatic rings. The van der Waals surface area contributed by atoms with Crippen molar-refractivity contribution in [1.29, 1.82) is 0 Å². The summed E-state index contributed by atoms with van der Waals surface area (Å²) in [4.78, 5) is 11.5. The Morgan fingerprint density at radius 2 is 2.29 bits per heavy atom. The van der Waals surface area contributed by atoms with E-state index < -0.39 is 6.04 Å². The maximum Gasteiger partial charge on any atom is 0.237 e. The first-order valence-corrected chi connectivity index (χ1v) is 5.43. The maximum absolute atomic E-state index is 11.5. The van der Waals surface area contributed by atoms with E-state index in [4.69, 9.17) is 10.5 Å². The number of amides is 1. The van der Waals surface area contributed by atoms with Crippen LogP contribution in [-0.2, 0) is 9.53 Å². The molecule has 0 bridgehead atoms. The molecule has 14 heavy (non-hydrogen) atoms. The molecule has 1 amide bonds. The number of hydrogen-bond donors (Lipinski definition) is 2. The van der Waals surface area contributed by atoms with Crippen molar-refractivity contribution in [2.24, 2.45) is 5.73 Å². The summed E-state index contributed by atoms with van der Waals surface area (Å²) in [6.45, 7) is 0.821. The van der Waals surface area contributed by atoms with Crippen LogP contribution < -0.4 is 11.1 Å². The standard InChI is InChI=1S/C10H18N2O2/c11-9(6-8-2-1-5-14-8)10(13)12-7-3-4-7/h7-9H,1-6,11H2,(H,12,13). The van der Waals surface area contributed by atoms with Gasteiger partial charge in [-0.2, -0.15) is 0 Å². The number of carbonyl (C=O) groups is 1. The lowest BCUT2D eigenvalue weighted by Crippen LogP contribution is -2.43. The smallest absolute Gasteiger partial charge is 0.237 e. The van der Waals surface area contributed by atoms with Gasteiger partial charge in [0, 0.05) is 12.6 Å². The Balaban J connectivity index is 1.69. The third-order valence-corrected chi connectivity index (χ3v) is 2.80. The highest BCUT2D eigenvalue weighted by molar-refractivity contribution is 5.82. The summed E-state index contributed by atoms with van der Waals surface area (Å²) in [5, 5.41) is 2.91. The summed E-state index contributed by atoms with van der Waals surface area (Å²) < 4.78 is 5.43. The number of rotatable bonds is 4. The van der Waals surface area contributed by atoms with Crippen LogP contribution >= 0.6 is 0 Å². The molecule has 1 saturated carbocycles. The fourth-order valence-electron chi connectivity index (χ4n) is 1.76. The zero-order chi connectivity index (χ0) is 9.97. The van der Waals surface area contributed by atoms with Crippen molar-refractivity contribution >= 4 is 5.91 Å². The van der Waals surface area contributed by atoms with Gasteiger partial charge in [-0.3, -0.25) is 4.79 Å². The predicted molar refractivity (Wildman–Crippen MR) is 52.7 cm³/mol. The number of carbonyl (C=O) groups excluding carboxylic acids is 1. The van der Waals surface area contributed by atoms with Crippen molar-refractivity contribution in [1.82, 2.24) is 5.32 Å². The molecule has 0 radical (unpaired) electrons. The molecule has 80 valence electrons. The SMILES string of the molecule is NC(CC1CCCO1)C(=O)NC1CC1. The van der Waals surface area contributed by atoms with Gasteiger partial charge in [-0.25, -0.2) is 0 Å². The Labute approximate surface area is 84.2 Å². The number of hydrogen-bond acceptors (Lipinski definition) is 3. The van der Waals surface area contributed by atoms with Crippen molar-refractivity contribution in [3.8, 4) is 0 Å². The molecule has 2 atom stereocenters. The van der Waals surface area contributed by atoms with Crippen molar-refractivity contribution in [3.05, 3.63) is 0 Å². The molecule has 3 N–H and O–H groups in total. The van der Waals surface area contributed by atoms with Crippen LogP contribution in [-0.4, -0.2) is 30.7 Å². The average molecular weight is 198 g/mol. The van der Waals surface area contributed by atoms with E-state index in [0.29, 0.717) is 12.5 Å². The number of ether oxygens (including phenoxy) is 1. The van der Waals surface area contributed by atoms with Crippen LogP contribution in [0.25, 0.3) is 0 Å². The number of nitrogens with one attached hydrogen (secondary N) is 1. The van der Waals surface area contributed by atoms with E-state index in [9.17, 15) is 4.79 Å². The van der Waals surface area contributed by atoms with Crippen LogP contribution in [0.3, 0.4) is 0 Å². The van der Waals surface area contributed by atoms with Crippen LogP contribution in [0.15, 0.2) is 0 Å². The molecule has 1 aliphatic heterocycles. The minimum atomic E-state index is -0.390. The van der Waals surface area contributed by atoms with Gasteiger partial charge < -0.3 is 15.8 Å². The quantitative estimate of drug-likeness (QED) is 0.676. The molecule has 0 aromatic heterocycles. The van der Waals surface area contributed by atoms with E-state index in [0.717, 1.165) is 32.3 Å². The molecule has 2 aliphatic rings.